The van der Waals surface area contributed by atoms with Gasteiger partial charge < -0.3 is 9.64 Å². The molecule has 4 rings (SSSR count). The first kappa shape index (κ1) is 16.8. The fraction of sp³-hybridized carbons (Fsp3) is 0.941. The molecule has 2 aliphatic carbocycles. The molecular weight excluding hydrogens is 328 g/mol. The van der Waals surface area contributed by atoms with Crippen LogP contribution in [0.5, 0.6) is 0 Å². The Morgan fingerprint density at radius 1 is 0.875 bits per heavy atom. The van der Waals surface area contributed by atoms with E-state index in [-0.39, 0.29) is 23.3 Å². The van der Waals surface area contributed by atoms with E-state index in [9.17, 15) is 13.2 Å². The van der Waals surface area contributed by atoms with Crippen molar-refractivity contribution in [2.75, 3.05) is 26.3 Å². The summed E-state index contributed by atoms with van der Waals surface area (Å²) >= 11 is 0. The Morgan fingerprint density at radius 3 is 2.00 bits per heavy atom. The fourth-order valence-electron chi connectivity index (χ4n) is 4.11. The van der Waals surface area contributed by atoms with E-state index in [0.29, 0.717) is 19.0 Å². The molecule has 7 heteroatoms. The third-order valence-electron chi connectivity index (χ3n) is 5.89. The molecule has 6 nitrogen and oxygen atoms in total. The van der Waals surface area contributed by atoms with Crippen molar-refractivity contribution in [3.63, 3.8) is 0 Å². The second kappa shape index (κ2) is 6.57. The highest BCUT2D eigenvalue weighted by molar-refractivity contribution is 7.90. The van der Waals surface area contributed by atoms with Crippen LogP contribution < -0.4 is 0 Å². The molecule has 4 fully saturated rings. The number of piperidine rings is 1. The van der Waals surface area contributed by atoms with Crippen LogP contribution in [0.3, 0.4) is 0 Å². The van der Waals surface area contributed by atoms with Gasteiger partial charge in [0, 0.05) is 44.3 Å². The van der Waals surface area contributed by atoms with Crippen LogP contribution in [0.15, 0.2) is 0 Å². The van der Waals surface area contributed by atoms with Crippen LogP contribution in [0, 0.1) is 5.92 Å². The van der Waals surface area contributed by atoms with Crippen molar-refractivity contribution >= 4 is 15.9 Å². The Hall–Kier alpha value is -0.660. The van der Waals surface area contributed by atoms with E-state index in [1.165, 1.54) is 0 Å². The quantitative estimate of drug-likeness (QED) is 0.746. The summed E-state index contributed by atoms with van der Waals surface area (Å²) in [6.45, 7) is 2.60. The maximum Gasteiger partial charge on any atom is 0.226 e. The van der Waals surface area contributed by atoms with Crippen molar-refractivity contribution in [1.29, 1.82) is 0 Å². The zero-order valence-electron chi connectivity index (χ0n) is 14.2. The largest absolute Gasteiger partial charge is 0.381 e. The molecule has 0 aromatic carbocycles. The molecule has 1 amide bonds. The topological polar surface area (TPSA) is 66.9 Å². The normalized spacial score (nSPS) is 28.0. The van der Waals surface area contributed by atoms with E-state index in [0.717, 1.165) is 64.6 Å². The van der Waals surface area contributed by atoms with E-state index in [1.807, 2.05) is 0 Å². The molecule has 0 unspecified atom stereocenters. The molecule has 0 aromatic rings. The van der Waals surface area contributed by atoms with Crippen molar-refractivity contribution in [1.82, 2.24) is 9.21 Å². The SMILES string of the molecule is O=C(C1CC1)N(C1CCOCC1)C1CCN(S(=O)(=O)C2CC2)CC1. The summed E-state index contributed by atoms with van der Waals surface area (Å²) in [7, 11) is -3.08. The van der Waals surface area contributed by atoms with Gasteiger partial charge in [-0.1, -0.05) is 0 Å². The molecule has 2 aliphatic heterocycles. The molecule has 4 aliphatic rings. The van der Waals surface area contributed by atoms with Crippen LogP contribution in [0.4, 0.5) is 0 Å². The summed E-state index contributed by atoms with van der Waals surface area (Å²) in [6.07, 6.45) is 7.07. The average Bonchev–Trinajstić information content (AvgIpc) is 3.49. The van der Waals surface area contributed by atoms with Gasteiger partial charge in [-0.2, -0.15) is 0 Å². The molecule has 0 radical (unpaired) electrons. The molecule has 2 heterocycles. The summed E-state index contributed by atoms with van der Waals surface area (Å²) in [5.74, 6) is 0.534. The lowest BCUT2D eigenvalue weighted by molar-refractivity contribution is -0.141. The molecule has 0 N–H and O–H groups in total. The van der Waals surface area contributed by atoms with E-state index in [2.05, 4.69) is 4.90 Å². The molecule has 0 bridgehead atoms. The summed E-state index contributed by atoms with van der Waals surface area (Å²) in [4.78, 5) is 15.0. The molecule has 136 valence electrons. The van der Waals surface area contributed by atoms with Gasteiger partial charge >= 0.3 is 0 Å². The zero-order chi connectivity index (χ0) is 16.7. The maximum absolute atomic E-state index is 12.9. The number of carbonyl (C=O) groups excluding carboxylic acids is 1. The molecule has 0 aromatic heterocycles. The Morgan fingerprint density at radius 2 is 1.46 bits per heavy atom. The molecule has 0 spiro atoms. The smallest absolute Gasteiger partial charge is 0.226 e. The molecule has 2 saturated carbocycles. The van der Waals surface area contributed by atoms with Crippen molar-refractivity contribution in [3.05, 3.63) is 0 Å². The second-order valence-corrected chi connectivity index (χ2v) is 9.95. The van der Waals surface area contributed by atoms with Gasteiger partial charge in [-0.3, -0.25) is 4.79 Å². The van der Waals surface area contributed by atoms with E-state index < -0.39 is 10.0 Å². The first-order valence-corrected chi connectivity index (χ1v) is 11.0. The van der Waals surface area contributed by atoms with Gasteiger partial charge in [0.15, 0.2) is 0 Å². The van der Waals surface area contributed by atoms with Crippen LogP contribution in [0.25, 0.3) is 0 Å². The van der Waals surface area contributed by atoms with Crippen molar-refractivity contribution in [2.45, 2.75) is 68.7 Å². The molecule has 0 atom stereocenters. The minimum atomic E-state index is -3.08. The van der Waals surface area contributed by atoms with Crippen LogP contribution in [-0.4, -0.2) is 67.2 Å². The second-order valence-electron chi connectivity index (χ2n) is 7.74. The first-order chi connectivity index (χ1) is 11.6. The highest BCUT2D eigenvalue weighted by atomic mass is 32.2. The van der Waals surface area contributed by atoms with Crippen LogP contribution in [0.2, 0.25) is 0 Å². The van der Waals surface area contributed by atoms with Crippen molar-refractivity contribution < 1.29 is 17.9 Å². The maximum atomic E-state index is 12.9. The van der Waals surface area contributed by atoms with Crippen LogP contribution in [-0.2, 0) is 19.6 Å². The van der Waals surface area contributed by atoms with Crippen LogP contribution >= 0.6 is 0 Å². The number of sulfonamides is 1. The van der Waals surface area contributed by atoms with Gasteiger partial charge in [-0.15, -0.1) is 0 Å². The molecule has 2 saturated heterocycles. The predicted molar refractivity (Wildman–Crippen MR) is 89.9 cm³/mol. The van der Waals surface area contributed by atoms with Gasteiger partial charge in [0.2, 0.25) is 15.9 Å². The van der Waals surface area contributed by atoms with Crippen molar-refractivity contribution in [2.24, 2.45) is 5.92 Å². The zero-order valence-corrected chi connectivity index (χ0v) is 15.0. The lowest BCUT2D eigenvalue weighted by atomic mass is 9.98. The minimum absolute atomic E-state index is 0.131. The number of rotatable bonds is 5. The summed E-state index contributed by atoms with van der Waals surface area (Å²) < 4.78 is 31.9. The number of ether oxygens (including phenoxy) is 1. The van der Waals surface area contributed by atoms with Gasteiger partial charge in [0.05, 0.1) is 5.25 Å². The Kier molecular flexibility index (Phi) is 4.60. The number of amides is 1. The number of carbonyl (C=O) groups is 1. The number of hydrogen-bond acceptors (Lipinski definition) is 4. The van der Waals surface area contributed by atoms with Crippen LogP contribution in [0.1, 0.15) is 51.4 Å². The highest BCUT2D eigenvalue weighted by Gasteiger charge is 2.44. The third kappa shape index (κ3) is 3.35. The van der Waals surface area contributed by atoms with Crippen molar-refractivity contribution in [3.8, 4) is 0 Å². The Labute approximate surface area is 144 Å². The monoisotopic (exact) mass is 356 g/mol. The summed E-state index contributed by atoms with van der Waals surface area (Å²) in [5, 5.41) is -0.131. The fourth-order valence-corrected chi connectivity index (χ4v) is 5.99. The predicted octanol–water partition coefficient (Wildman–Crippen LogP) is 1.36. The van der Waals surface area contributed by atoms with E-state index >= 15 is 0 Å². The van der Waals surface area contributed by atoms with E-state index in [1.54, 1.807) is 4.31 Å². The Bertz CT molecular complexity index is 571. The number of nitrogens with zero attached hydrogens (tertiary/aromatic N) is 2. The summed E-state index contributed by atoms with van der Waals surface area (Å²) in [5.41, 5.74) is 0. The number of hydrogen-bond donors (Lipinski definition) is 0. The lowest BCUT2D eigenvalue weighted by Gasteiger charge is -2.43. The third-order valence-corrected chi connectivity index (χ3v) is 8.29. The highest BCUT2D eigenvalue weighted by Crippen LogP contribution is 2.37. The molecular formula is C17H28N2O4S. The van der Waals surface area contributed by atoms with Gasteiger partial charge in [0.1, 0.15) is 0 Å². The van der Waals surface area contributed by atoms with Gasteiger partial charge in [-0.25, -0.2) is 12.7 Å². The average molecular weight is 356 g/mol. The molecule has 24 heavy (non-hydrogen) atoms. The van der Waals surface area contributed by atoms with E-state index in [4.69, 9.17) is 4.74 Å². The minimum Gasteiger partial charge on any atom is -0.381 e. The van der Waals surface area contributed by atoms with Gasteiger partial charge in [-0.05, 0) is 51.4 Å². The summed E-state index contributed by atoms with van der Waals surface area (Å²) in [6, 6.07) is 0.482. The first-order valence-electron chi connectivity index (χ1n) is 9.46. The standard InChI is InChI=1S/C17H28N2O4S/c20-17(13-1-2-13)19(15-7-11-23-12-8-15)14-5-9-18(10-6-14)24(21,22)16-3-4-16/h13-16H,1-12H2. The van der Waals surface area contributed by atoms with Gasteiger partial charge in [0.25, 0.3) is 0 Å². The lowest BCUT2D eigenvalue weighted by Crippen LogP contribution is -2.54. The Balaban J connectivity index is 1.43.